The summed E-state index contributed by atoms with van der Waals surface area (Å²) in [5.74, 6) is 0. The van der Waals surface area contributed by atoms with E-state index < -0.39 is 10.1 Å². The Balaban J connectivity index is 0.000000424. The van der Waals surface area contributed by atoms with Crippen LogP contribution in [0.4, 0.5) is 0 Å². The maximum absolute atomic E-state index is 10.4. The zero-order valence-corrected chi connectivity index (χ0v) is 14.2. The first-order valence-corrected chi connectivity index (χ1v) is 8.00. The van der Waals surface area contributed by atoms with Crippen LogP contribution in [0.15, 0.2) is 35.2 Å². The summed E-state index contributed by atoms with van der Waals surface area (Å²) >= 11 is 0.443. The van der Waals surface area contributed by atoms with Crippen LogP contribution in [0.3, 0.4) is 0 Å². The normalized spacial score (nSPS) is 9.38. The minimum absolute atomic E-state index is 0.0741. The number of terminal acetylenes is 1. The van der Waals surface area contributed by atoms with Gasteiger partial charge in [-0.15, -0.1) is 0 Å². The van der Waals surface area contributed by atoms with E-state index in [4.69, 9.17) is 11.0 Å². The Morgan fingerprint density at radius 1 is 1.31 bits per heavy atom. The second kappa shape index (κ2) is 7.09. The van der Waals surface area contributed by atoms with Gasteiger partial charge in [-0.05, 0) is 12.1 Å². The van der Waals surface area contributed by atoms with Crippen molar-refractivity contribution in [2.45, 2.75) is 4.90 Å². The van der Waals surface area contributed by atoms with Crippen molar-refractivity contribution in [3.05, 3.63) is 30.3 Å². The zero-order chi connectivity index (χ0) is 10.3. The average Bonchev–Trinajstić information content (AvgIpc) is 2.06. The molecule has 0 atom stereocenters. The summed E-state index contributed by atoms with van der Waals surface area (Å²) < 4.78 is 31.7. The fraction of sp³-hybridized carbons (Fsp3) is 0. The largest absolute Gasteiger partial charge is 0.294 e. The smallest absolute Gasteiger partial charge is 0.282 e. The molecule has 1 aromatic carbocycles. The van der Waals surface area contributed by atoms with Gasteiger partial charge < -0.3 is 0 Å². The summed E-state index contributed by atoms with van der Waals surface area (Å²) in [4.78, 5) is -0.0741. The van der Waals surface area contributed by atoms with Gasteiger partial charge in [-0.1, -0.05) is 18.2 Å². The Kier molecular flexibility index (Phi) is 7.49. The molecule has 0 aromatic heterocycles. The molecule has 0 bridgehead atoms. The van der Waals surface area contributed by atoms with Gasteiger partial charge in [0.2, 0.25) is 0 Å². The van der Waals surface area contributed by atoms with E-state index in [1.165, 1.54) is 12.1 Å². The molecular formula is C8H7CsO3S. The molecule has 0 saturated carbocycles. The molecule has 0 amide bonds. The third kappa shape index (κ3) is 6.77. The molecule has 0 fully saturated rings. The molecule has 1 N–H and O–H groups in total. The predicted octanol–water partition coefficient (Wildman–Crippen LogP) is 0.679. The molecular weight excluding hydrogens is 309 g/mol. The maximum atomic E-state index is 10.4. The number of benzene rings is 1. The van der Waals surface area contributed by atoms with Crippen LogP contribution in [0.25, 0.3) is 0 Å². The van der Waals surface area contributed by atoms with E-state index in [1.807, 2.05) is 0 Å². The second-order valence-corrected chi connectivity index (χ2v) is 5.31. The number of hydrogen-bond donors (Lipinski definition) is 1. The minimum atomic E-state index is -4.00. The van der Waals surface area contributed by atoms with Crippen LogP contribution in [-0.2, 0) is 10.1 Å². The molecule has 3 nitrogen and oxygen atoms in total. The molecule has 0 aliphatic carbocycles. The van der Waals surface area contributed by atoms with Crippen molar-refractivity contribution in [3.63, 3.8) is 0 Å². The molecule has 13 heavy (non-hydrogen) atoms. The SMILES string of the molecule is C#[C][Cs].O=S(=O)(O)c1ccccc1. The average molecular weight is 316 g/mol. The van der Waals surface area contributed by atoms with Gasteiger partial charge in [0, 0.05) is 0 Å². The first-order chi connectivity index (χ1) is 6.02. The van der Waals surface area contributed by atoms with E-state index in [1.54, 1.807) is 18.2 Å². The summed E-state index contributed by atoms with van der Waals surface area (Å²) in [6.07, 6.45) is 4.70. The van der Waals surface area contributed by atoms with E-state index in [2.05, 4.69) is -2.65 Å². The second-order valence-electron chi connectivity index (χ2n) is 2.08. The van der Waals surface area contributed by atoms with Crippen LogP contribution in [0, 0.1) is 3.77 Å². The Hall–Kier alpha value is 0.742. The van der Waals surface area contributed by atoms with Crippen molar-refractivity contribution in [3.8, 4) is 3.77 Å². The third-order valence-corrected chi connectivity index (χ3v) is 1.91. The van der Waals surface area contributed by atoms with Crippen molar-refractivity contribution in [2.24, 2.45) is 0 Å². The minimum Gasteiger partial charge on any atom is -0.282 e. The Labute approximate surface area is 125 Å². The molecule has 0 radical (unpaired) electrons. The van der Waals surface area contributed by atoms with Gasteiger partial charge >= 0.3 is 69.7 Å². The third-order valence-electron chi connectivity index (χ3n) is 1.04. The van der Waals surface area contributed by atoms with E-state index in [0.29, 0.717) is 65.9 Å². The molecule has 0 aliphatic rings. The van der Waals surface area contributed by atoms with Gasteiger partial charge in [-0.25, -0.2) is 0 Å². The van der Waals surface area contributed by atoms with Crippen molar-refractivity contribution in [2.75, 3.05) is 0 Å². The van der Waals surface area contributed by atoms with E-state index in [9.17, 15) is 8.42 Å². The van der Waals surface area contributed by atoms with Crippen molar-refractivity contribution in [1.82, 2.24) is 0 Å². The van der Waals surface area contributed by atoms with Gasteiger partial charge in [-0.2, -0.15) is 8.42 Å². The molecule has 1 rings (SSSR count). The van der Waals surface area contributed by atoms with Gasteiger partial charge in [0.05, 0.1) is 4.90 Å². The van der Waals surface area contributed by atoms with Gasteiger partial charge in [-0.3, -0.25) is 4.55 Å². The Morgan fingerprint density at radius 2 is 1.69 bits per heavy atom. The number of hydrogen-bond acceptors (Lipinski definition) is 2. The monoisotopic (exact) mass is 316 g/mol. The topological polar surface area (TPSA) is 54.4 Å². The summed E-state index contributed by atoms with van der Waals surface area (Å²) in [6, 6.07) is 7.42. The Morgan fingerprint density at radius 3 is 1.92 bits per heavy atom. The van der Waals surface area contributed by atoms with Crippen molar-refractivity contribution >= 4 is 76.0 Å². The van der Waals surface area contributed by atoms with Crippen LogP contribution < -0.4 is 0 Å². The molecule has 0 spiro atoms. The van der Waals surface area contributed by atoms with E-state index >= 15 is 0 Å². The van der Waals surface area contributed by atoms with Crippen LogP contribution in [0.5, 0.6) is 0 Å². The van der Waals surface area contributed by atoms with Crippen LogP contribution in [0.1, 0.15) is 0 Å². The molecule has 64 valence electrons. The van der Waals surface area contributed by atoms with Gasteiger partial charge in [0.25, 0.3) is 10.1 Å². The van der Waals surface area contributed by atoms with E-state index in [-0.39, 0.29) is 4.90 Å². The summed E-state index contributed by atoms with van der Waals surface area (Å²) in [6.45, 7) is 0. The van der Waals surface area contributed by atoms with Crippen molar-refractivity contribution in [1.29, 1.82) is 0 Å². The molecule has 0 heterocycles. The van der Waals surface area contributed by atoms with Crippen LogP contribution in [0.2, 0.25) is 0 Å². The first-order valence-electron chi connectivity index (χ1n) is 3.42. The van der Waals surface area contributed by atoms with Gasteiger partial charge in [0.15, 0.2) is 0 Å². The summed E-state index contributed by atoms with van der Waals surface area (Å²) in [5.41, 5.74) is 0. The quantitative estimate of drug-likeness (QED) is 0.612. The molecule has 0 unspecified atom stereocenters. The molecule has 1 aromatic rings. The maximum Gasteiger partial charge on any atom is 0.294 e. The fourth-order valence-corrected chi connectivity index (χ4v) is 1.09. The van der Waals surface area contributed by atoms with Gasteiger partial charge in [0.1, 0.15) is 0 Å². The fourth-order valence-electron chi connectivity index (χ4n) is 0.592. The zero-order valence-electron chi connectivity index (χ0n) is 7.14. The Bertz CT molecular complexity index is 378. The van der Waals surface area contributed by atoms with E-state index in [0.717, 1.165) is 0 Å². The first kappa shape index (κ1) is 13.7. The standard InChI is InChI=1S/C6H6O3S.C2H.Cs/c7-10(8,9)6-4-2-1-3-5-6;1-2;/h1-5H,(H,7,8,9);1H;. The van der Waals surface area contributed by atoms with Crippen LogP contribution >= 0.6 is 0 Å². The predicted molar refractivity (Wildman–Crippen MR) is 50.8 cm³/mol. The summed E-state index contributed by atoms with van der Waals surface area (Å²) in [7, 11) is -4.00. The van der Waals surface area contributed by atoms with Crippen molar-refractivity contribution < 1.29 is 13.0 Å². The summed E-state index contributed by atoms with van der Waals surface area (Å²) in [5, 5.41) is 0. The number of rotatable bonds is 1. The molecule has 0 saturated heterocycles. The molecule has 0 aliphatic heterocycles. The van der Waals surface area contributed by atoms with Crippen LogP contribution in [-0.4, -0.2) is 78.9 Å². The molecule has 5 heteroatoms.